The summed E-state index contributed by atoms with van der Waals surface area (Å²) in [5.41, 5.74) is -0.517. The maximum Gasteiger partial charge on any atom is 0.410 e. The summed E-state index contributed by atoms with van der Waals surface area (Å²) in [6, 6.07) is 0. The van der Waals surface area contributed by atoms with Crippen molar-refractivity contribution in [3.05, 3.63) is 0 Å². The SMILES string of the molecule is CN(CCN1CCN(C(=O)OC(C)(C)C)CC1)S(=O)(=O)NC=O. The standard InChI is InChI=1S/C13H26N4O5S/c1-13(2,3)22-12(19)17-9-7-16(8-10-17)6-5-15(4)23(20,21)14-11-18/h11H,5-10H2,1-4H3,(H,14,18). The second-order valence-corrected chi connectivity index (χ2v) is 8.18. The van der Waals surface area contributed by atoms with Gasteiger partial charge in [-0.3, -0.25) is 9.69 Å². The van der Waals surface area contributed by atoms with E-state index >= 15 is 0 Å². The van der Waals surface area contributed by atoms with E-state index in [0.29, 0.717) is 32.7 Å². The van der Waals surface area contributed by atoms with E-state index in [4.69, 9.17) is 4.74 Å². The minimum absolute atomic E-state index is 0.144. The lowest BCUT2D eigenvalue weighted by atomic mass is 10.2. The summed E-state index contributed by atoms with van der Waals surface area (Å²) in [4.78, 5) is 25.9. The van der Waals surface area contributed by atoms with Gasteiger partial charge in [-0.25, -0.2) is 9.52 Å². The largest absolute Gasteiger partial charge is 0.444 e. The predicted molar refractivity (Wildman–Crippen MR) is 85.0 cm³/mol. The molecule has 23 heavy (non-hydrogen) atoms. The summed E-state index contributed by atoms with van der Waals surface area (Å²) in [6.45, 7) is 8.63. The van der Waals surface area contributed by atoms with Gasteiger partial charge in [0.2, 0.25) is 6.41 Å². The van der Waals surface area contributed by atoms with Crippen LogP contribution in [-0.4, -0.2) is 86.9 Å². The topological polar surface area (TPSA) is 99.3 Å². The molecule has 2 amide bonds. The Hall–Kier alpha value is -1.39. The number of carbonyl (C=O) groups is 2. The van der Waals surface area contributed by atoms with Gasteiger partial charge in [-0.1, -0.05) is 0 Å². The number of nitrogens with zero attached hydrogens (tertiary/aromatic N) is 3. The van der Waals surface area contributed by atoms with Crippen molar-refractivity contribution in [3.63, 3.8) is 0 Å². The van der Waals surface area contributed by atoms with E-state index < -0.39 is 15.8 Å². The molecule has 1 aliphatic rings. The highest BCUT2D eigenvalue weighted by molar-refractivity contribution is 7.87. The average molecular weight is 350 g/mol. The number of nitrogens with one attached hydrogen (secondary N) is 1. The van der Waals surface area contributed by atoms with Crippen LogP contribution in [0.15, 0.2) is 0 Å². The number of carbonyl (C=O) groups excluding carboxylic acids is 2. The minimum Gasteiger partial charge on any atom is -0.444 e. The third-order valence-corrected chi connectivity index (χ3v) is 4.76. The summed E-state index contributed by atoms with van der Waals surface area (Å²) in [6.07, 6.45) is -0.183. The Labute approximate surface area is 137 Å². The number of likely N-dealkylation sites (N-methyl/N-ethyl adjacent to an activating group) is 1. The van der Waals surface area contributed by atoms with Gasteiger partial charge in [0.25, 0.3) is 0 Å². The van der Waals surface area contributed by atoms with Crippen molar-refractivity contribution in [3.8, 4) is 0 Å². The molecule has 1 heterocycles. The zero-order chi connectivity index (χ0) is 17.7. The van der Waals surface area contributed by atoms with Gasteiger partial charge in [0.1, 0.15) is 5.60 Å². The van der Waals surface area contributed by atoms with Gasteiger partial charge >= 0.3 is 16.3 Å². The van der Waals surface area contributed by atoms with Crippen LogP contribution in [-0.2, 0) is 19.7 Å². The summed E-state index contributed by atoms with van der Waals surface area (Å²) in [5, 5.41) is 0. The molecule has 9 nitrogen and oxygen atoms in total. The van der Waals surface area contributed by atoms with Gasteiger partial charge in [0.05, 0.1) is 0 Å². The zero-order valence-corrected chi connectivity index (χ0v) is 14.9. The molecule has 10 heteroatoms. The van der Waals surface area contributed by atoms with E-state index in [0.717, 1.165) is 4.31 Å². The molecule has 0 radical (unpaired) electrons. The van der Waals surface area contributed by atoms with Gasteiger partial charge in [-0.05, 0) is 20.8 Å². The first-order chi connectivity index (χ1) is 10.5. The average Bonchev–Trinajstić information content (AvgIpc) is 2.43. The van der Waals surface area contributed by atoms with Gasteiger partial charge in [0.15, 0.2) is 0 Å². The van der Waals surface area contributed by atoms with Crippen LogP contribution in [0.1, 0.15) is 20.8 Å². The van der Waals surface area contributed by atoms with E-state index in [-0.39, 0.29) is 19.0 Å². The summed E-state index contributed by atoms with van der Waals surface area (Å²) in [5.74, 6) is 0. The number of rotatable bonds is 6. The van der Waals surface area contributed by atoms with E-state index in [1.165, 1.54) is 7.05 Å². The molecule has 1 aliphatic heterocycles. The van der Waals surface area contributed by atoms with Crippen molar-refractivity contribution in [2.75, 3.05) is 46.3 Å². The molecule has 134 valence electrons. The summed E-state index contributed by atoms with van der Waals surface area (Å²) >= 11 is 0. The first kappa shape index (κ1) is 19.7. The number of piperazine rings is 1. The lowest BCUT2D eigenvalue weighted by molar-refractivity contribution is -0.108. The van der Waals surface area contributed by atoms with Crippen molar-refractivity contribution >= 4 is 22.7 Å². The molecular formula is C13H26N4O5S. The van der Waals surface area contributed by atoms with E-state index in [1.807, 2.05) is 20.8 Å². The Balaban J connectivity index is 2.37. The maximum atomic E-state index is 11.9. The molecule has 0 aromatic carbocycles. The molecule has 0 unspecified atom stereocenters. The van der Waals surface area contributed by atoms with E-state index in [1.54, 1.807) is 9.62 Å². The molecule has 1 rings (SSSR count). The van der Waals surface area contributed by atoms with Crippen LogP contribution in [0, 0.1) is 0 Å². The Bertz CT molecular complexity index is 509. The van der Waals surface area contributed by atoms with Crippen LogP contribution in [0.25, 0.3) is 0 Å². The van der Waals surface area contributed by atoms with Crippen LogP contribution in [0.4, 0.5) is 4.79 Å². The van der Waals surface area contributed by atoms with Crippen LogP contribution >= 0.6 is 0 Å². The number of hydrogen-bond donors (Lipinski definition) is 1. The fourth-order valence-corrected chi connectivity index (χ4v) is 2.66. The second kappa shape index (κ2) is 7.93. The summed E-state index contributed by atoms with van der Waals surface area (Å²) in [7, 11) is -2.35. The van der Waals surface area contributed by atoms with Crippen molar-refractivity contribution in [1.82, 2.24) is 18.8 Å². The maximum absolute atomic E-state index is 11.9. The molecule has 0 bridgehead atoms. The Morgan fingerprint density at radius 2 is 1.83 bits per heavy atom. The second-order valence-electron chi connectivity index (χ2n) is 6.37. The van der Waals surface area contributed by atoms with Gasteiger partial charge < -0.3 is 9.64 Å². The van der Waals surface area contributed by atoms with Crippen molar-refractivity contribution in [2.24, 2.45) is 0 Å². The first-order valence-corrected chi connectivity index (χ1v) is 8.87. The van der Waals surface area contributed by atoms with Crippen LogP contribution in [0.5, 0.6) is 0 Å². The highest BCUT2D eigenvalue weighted by Gasteiger charge is 2.26. The Kier molecular flexibility index (Phi) is 6.78. The lowest BCUT2D eigenvalue weighted by Gasteiger charge is -2.36. The lowest BCUT2D eigenvalue weighted by Crippen LogP contribution is -2.51. The minimum atomic E-state index is -3.75. The fraction of sp³-hybridized carbons (Fsp3) is 0.846. The van der Waals surface area contributed by atoms with E-state index in [2.05, 4.69) is 4.90 Å². The predicted octanol–water partition coefficient (Wildman–Crippen LogP) is -0.538. The van der Waals surface area contributed by atoms with Crippen molar-refractivity contribution in [2.45, 2.75) is 26.4 Å². The molecule has 0 atom stereocenters. The summed E-state index contributed by atoms with van der Waals surface area (Å²) < 4.78 is 31.3. The number of hydrogen-bond acceptors (Lipinski definition) is 6. The van der Waals surface area contributed by atoms with Crippen LogP contribution < -0.4 is 4.72 Å². The molecular weight excluding hydrogens is 324 g/mol. The molecule has 0 spiro atoms. The van der Waals surface area contributed by atoms with Crippen LogP contribution in [0.3, 0.4) is 0 Å². The fourth-order valence-electron chi connectivity index (χ4n) is 2.03. The van der Waals surface area contributed by atoms with E-state index in [9.17, 15) is 18.0 Å². The highest BCUT2D eigenvalue weighted by atomic mass is 32.2. The molecule has 0 aromatic heterocycles. The first-order valence-electron chi connectivity index (χ1n) is 7.42. The Morgan fingerprint density at radius 1 is 1.26 bits per heavy atom. The normalized spacial score (nSPS) is 17.2. The molecule has 0 aliphatic carbocycles. The highest BCUT2D eigenvalue weighted by Crippen LogP contribution is 2.11. The van der Waals surface area contributed by atoms with Gasteiger partial charge in [-0.2, -0.15) is 12.7 Å². The number of ether oxygens (including phenoxy) is 1. The third kappa shape index (κ3) is 6.71. The molecule has 1 fully saturated rings. The zero-order valence-electron chi connectivity index (χ0n) is 14.1. The molecule has 0 aromatic rings. The number of amides is 2. The molecule has 1 N–H and O–H groups in total. The Morgan fingerprint density at radius 3 is 2.30 bits per heavy atom. The molecule has 1 saturated heterocycles. The monoisotopic (exact) mass is 350 g/mol. The van der Waals surface area contributed by atoms with Gasteiger partial charge in [-0.15, -0.1) is 0 Å². The van der Waals surface area contributed by atoms with Crippen molar-refractivity contribution < 1.29 is 22.7 Å². The quantitative estimate of drug-likeness (QED) is 0.646. The smallest absolute Gasteiger partial charge is 0.410 e. The van der Waals surface area contributed by atoms with Crippen LogP contribution in [0.2, 0.25) is 0 Å². The molecule has 0 saturated carbocycles. The van der Waals surface area contributed by atoms with Crippen molar-refractivity contribution in [1.29, 1.82) is 0 Å². The third-order valence-electron chi connectivity index (χ3n) is 3.36. The van der Waals surface area contributed by atoms with Gasteiger partial charge in [0, 0.05) is 46.3 Å².